The van der Waals surface area contributed by atoms with Gasteiger partial charge in [0.25, 0.3) is 0 Å². The molecule has 0 bridgehead atoms. The Morgan fingerprint density at radius 3 is 1.75 bits per heavy atom. The lowest BCUT2D eigenvalue weighted by Gasteiger charge is -2.35. The molecule has 2 saturated carbocycles. The minimum Gasteiger partial charge on any atom is -0.299 e. The Balaban J connectivity index is 1.86. The number of carbonyl (C=O) groups excluding carboxylic acids is 1. The Bertz CT molecular complexity index is 306. The van der Waals surface area contributed by atoms with Crippen molar-refractivity contribution < 1.29 is 4.79 Å². The van der Waals surface area contributed by atoms with Crippen molar-refractivity contribution in [3.8, 4) is 0 Å². The molecule has 2 rings (SSSR count). The highest BCUT2D eigenvalue weighted by Crippen LogP contribution is 2.38. The molecule has 2 fully saturated rings. The van der Waals surface area contributed by atoms with Crippen LogP contribution in [0.3, 0.4) is 0 Å². The predicted octanol–water partition coefficient (Wildman–Crippen LogP) is 5.48. The zero-order valence-electron chi connectivity index (χ0n) is 14.0. The summed E-state index contributed by atoms with van der Waals surface area (Å²) in [6.45, 7) is 9.26. The van der Waals surface area contributed by atoms with Crippen molar-refractivity contribution in [1.82, 2.24) is 0 Å². The molecule has 0 amide bonds. The first-order chi connectivity index (χ1) is 9.49. The standard InChI is InChI=1S/C19H34O/c1-13-5-9-17(10-6-13)15(3)16(4)19(20)18-11-7-14(2)8-12-18/h13-18H,5-12H2,1-4H3. The van der Waals surface area contributed by atoms with Crippen LogP contribution in [0.2, 0.25) is 0 Å². The molecule has 0 aromatic carbocycles. The van der Waals surface area contributed by atoms with Crippen LogP contribution < -0.4 is 0 Å². The third-order valence-electron chi connectivity index (χ3n) is 6.46. The summed E-state index contributed by atoms with van der Waals surface area (Å²) in [5.41, 5.74) is 0. The van der Waals surface area contributed by atoms with Gasteiger partial charge in [0.05, 0.1) is 0 Å². The minimum absolute atomic E-state index is 0.284. The first-order valence-corrected chi connectivity index (χ1v) is 9.02. The van der Waals surface area contributed by atoms with Gasteiger partial charge in [0.15, 0.2) is 0 Å². The molecular formula is C19H34O. The predicted molar refractivity (Wildman–Crippen MR) is 85.6 cm³/mol. The third-order valence-corrected chi connectivity index (χ3v) is 6.46. The van der Waals surface area contributed by atoms with E-state index < -0.39 is 0 Å². The minimum atomic E-state index is 0.284. The van der Waals surface area contributed by atoms with E-state index in [0.717, 1.165) is 30.6 Å². The zero-order valence-corrected chi connectivity index (χ0v) is 14.0. The van der Waals surface area contributed by atoms with Gasteiger partial charge in [-0.3, -0.25) is 4.79 Å². The molecule has 2 aliphatic carbocycles. The lowest BCUT2D eigenvalue weighted by molar-refractivity contribution is -0.129. The van der Waals surface area contributed by atoms with Gasteiger partial charge in [0.2, 0.25) is 0 Å². The number of hydrogen-bond donors (Lipinski definition) is 0. The van der Waals surface area contributed by atoms with E-state index >= 15 is 0 Å². The van der Waals surface area contributed by atoms with Crippen LogP contribution in [0.4, 0.5) is 0 Å². The first-order valence-electron chi connectivity index (χ1n) is 9.02. The monoisotopic (exact) mass is 278 g/mol. The van der Waals surface area contributed by atoms with E-state index in [9.17, 15) is 4.79 Å². The van der Waals surface area contributed by atoms with Crippen molar-refractivity contribution in [2.24, 2.45) is 35.5 Å². The van der Waals surface area contributed by atoms with E-state index in [1.165, 1.54) is 38.5 Å². The Hall–Kier alpha value is -0.330. The van der Waals surface area contributed by atoms with Crippen LogP contribution in [-0.4, -0.2) is 5.78 Å². The van der Waals surface area contributed by atoms with E-state index in [1.807, 2.05) is 0 Å². The van der Waals surface area contributed by atoms with Gasteiger partial charge >= 0.3 is 0 Å². The number of Topliss-reactive ketones (excluding diaryl/α,β-unsaturated/α-hetero) is 1. The van der Waals surface area contributed by atoms with E-state index in [1.54, 1.807) is 0 Å². The molecule has 1 heteroatoms. The summed E-state index contributed by atoms with van der Waals surface area (Å²) in [6, 6.07) is 0. The number of hydrogen-bond acceptors (Lipinski definition) is 1. The molecule has 2 aliphatic rings. The largest absolute Gasteiger partial charge is 0.299 e. The normalized spacial score (nSPS) is 38.2. The summed E-state index contributed by atoms with van der Waals surface area (Å²) in [7, 11) is 0. The number of ketones is 1. The highest BCUT2D eigenvalue weighted by Gasteiger charge is 2.34. The van der Waals surface area contributed by atoms with Crippen LogP contribution in [0, 0.1) is 35.5 Å². The summed E-state index contributed by atoms with van der Waals surface area (Å²) < 4.78 is 0. The van der Waals surface area contributed by atoms with Gasteiger partial charge in [-0.2, -0.15) is 0 Å². The Morgan fingerprint density at radius 1 is 0.800 bits per heavy atom. The van der Waals surface area contributed by atoms with E-state index in [4.69, 9.17) is 0 Å². The van der Waals surface area contributed by atoms with Crippen LogP contribution in [0.25, 0.3) is 0 Å². The molecular weight excluding hydrogens is 244 g/mol. The van der Waals surface area contributed by atoms with Crippen LogP contribution >= 0.6 is 0 Å². The molecule has 0 aromatic heterocycles. The molecule has 2 unspecified atom stereocenters. The van der Waals surface area contributed by atoms with Crippen molar-refractivity contribution in [2.75, 3.05) is 0 Å². The summed E-state index contributed by atoms with van der Waals surface area (Å²) >= 11 is 0. The SMILES string of the molecule is CC1CCC(C(=O)C(C)C(C)C2CCC(C)CC2)CC1. The Kier molecular flexibility index (Phi) is 5.69. The molecule has 0 radical (unpaired) electrons. The molecule has 1 nitrogen and oxygen atoms in total. The van der Waals surface area contributed by atoms with Gasteiger partial charge in [-0.15, -0.1) is 0 Å². The molecule has 0 aromatic rings. The van der Waals surface area contributed by atoms with Crippen LogP contribution in [0.1, 0.15) is 79.1 Å². The van der Waals surface area contributed by atoms with Crippen LogP contribution in [-0.2, 0) is 4.79 Å². The number of rotatable bonds is 4. The van der Waals surface area contributed by atoms with Crippen LogP contribution in [0.15, 0.2) is 0 Å². The van der Waals surface area contributed by atoms with Gasteiger partial charge in [-0.25, -0.2) is 0 Å². The summed E-state index contributed by atoms with van der Waals surface area (Å²) in [4.78, 5) is 12.8. The van der Waals surface area contributed by atoms with Gasteiger partial charge in [0, 0.05) is 11.8 Å². The summed E-state index contributed by atoms with van der Waals surface area (Å²) in [5, 5.41) is 0. The summed E-state index contributed by atoms with van der Waals surface area (Å²) in [5.74, 6) is 4.39. The number of carbonyl (C=O) groups is 1. The third kappa shape index (κ3) is 3.86. The fourth-order valence-corrected chi connectivity index (χ4v) is 4.40. The fraction of sp³-hybridized carbons (Fsp3) is 0.947. The molecule has 20 heavy (non-hydrogen) atoms. The maximum atomic E-state index is 12.8. The van der Waals surface area contributed by atoms with E-state index in [-0.39, 0.29) is 5.92 Å². The van der Waals surface area contributed by atoms with Gasteiger partial charge in [-0.1, -0.05) is 53.4 Å². The average molecular weight is 278 g/mol. The lowest BCUT2D eigenvalue weighted by Crippen LogP contribution is -2.33. The zero-order chi connectivity index (χ0) is 14.7. The van der Waals surface area contributed by atoms with Crippen molar-refractivity contribution >= 4 is 5.78 Å². The lowest BCUT2D eigenvalue weighted by atomic mass is 9.69. The first kappa shape index (κ1) is 16.0. The van der Waals surface area contributed by atoms with Crippen LogP contribution in [0.5, 0.6) is 0 Å². The fourth-order valence-electron chi connectivity index (χ4n) is 4.40. The second-order valence-electron chi connectivity index (χ2n) is 8.03. The molecule has 0 aliphatic heterocycles. The smallest absolute Gasteiger partial charge is 0.139 e. The topological polar surface area (TPSA) is 17.1 Å². The van der Waals surface area contributed by atoms with E-state index in [0.29, 0.717) is 17.6 Å². The van der Waals surface area contributed by atoms with Crippen molar-refractivity contribution in [3.63, 3.8) is 0 Å². The molecule has 0 spiro atoms. The molecule has 116 valence electrons. The van der Waals surface area contributed by atoms with E-state index in [2.05, 4.69) is 27.7 Å². The Morgan fingerprint density at radius 2 is 1.25 bits per heavy atom. The highest BCUT2D eigenvalue weighted by atomic mass is 16.1. The Labute approximate surface area is 125 Å². The van der Waals surface area contributed by atoms with Crippen molar-refractivity contribution in [2.45, 2.75) is 79.1 Å². The van der Waals surface area contributed by atoms with Gasteiger partial charge in [-0.05, 0) is 49.4 Å². The average Bonchev–Trinajstić information content (AvgIpc) is 2.46. The quantitative estimate of drug-likeness (QED) is 0.665. The van der Waals surface area contributed by atoms with Crippen molar-refractivity contribution in [1.29, 1.82) is 0 Å². The van der Waals surface area contributed by atoms with Gasteiger partial charge in [0.1, 0.15) is 5.78 Å². The molecule has 0 N–H and O–H groups in total. The molecule has 2 atom stereocenters. The summed E-state index contributed by atoms with van der Waals surface area (Å²) in [6.07, 6.45) is 10.3. The highest BCUT2D eigenvalue weighted by molar-refractivity contribution is 5.83. The maximum absolute atomic E-state index is 12.8. The maximum Gasteiger partial charge on any atom is 0.139 e. The van der Waals surface area contributed by atoms with Gasteiger partial charge < -0.3 is 0 Å². The second kappa shape index (κ2) is 7.09. The molecule has 0 heterocycles. The molecule has 0 saturated heterocycles. The van der Waals surface area contributed by atoms with Crippen molar-refractivity contribution in [3.05, 3.63) is 0 Å². The second-order valence-corrected chi connectivity index (χ2v) is 8.03.